The van der Waals surface area contributed by atoms with Crippen LogP contribution in [-0.2, 0) is 44.6 Å². The number of ether oxygens (including phenoxy) is 4. The molecule has 0 aliphatic carbocycles. The van der Waals surface area contributed by atoms with E-state index >= 15 is 0 Å². The molecule has 16 heteroatoms. The predicted octanol–water partition coefficient (Wildman–Crippen LogP) is 6.71. The fourth-order valence-corrected chi connectivity index (χ4v) is 6.30. The first-order chi connectivity index (χ1) is 27.5. The topological polar surface area (TPSA) is 196 Å². The summed E-state index contributed by atoms with van der Waals surface area (Å²) in [5, 5.41) is 5.56. The molecule has 0 radical (unpaired) electrons. The maximum Gasteiger partial charge on any atom is 0.344 e. The summed E-state index contributed by atoms with van der Waals surface area (Å²) in [6, 6.07) is 7.95. The van der Waals surface area contributed by atoms with E-state index in [1.807, 2.05) is 13.8 Å². The average molecular weight is 839 g/mol. The third kappa shape index (κ3) is 11.7. The van der Waals surface area contributed by atoms with Crippen molar-refractivity contribution < 1.29 is 52.5 Å². The van der Waals surface area contributed by atoms with Crippen molar-refractivity contribution >= 4 is 81.8 Å². The SMILES string of the molecule is C=C(CC)C(=O)c1ccc(OCC(=O)OCC(=O)OC(C)COC(=O)CCC(=O)Cc2ccc3c(c2)/C(=C/c2[nH]c(C)c(C(=O)NCCC)c2C)C(=O)N3)c(Cl)c1Cl. The lowest BCUT2D eigenvalue weighted by Gasteiger charge is -2.14. The molecule has 0 saturated carbocycles. The fraction of sp³-hybridized carbons (Fsp3) is 0.357. The number of carbonyl (C=O) groups is 7. The molecular weight excluding hydrogens is 793 g/mol. The summed E-state index contributed by atoms with van der Waals surface area (Å²) in [6.07, 6.45) is 1.71. The highest BCUT2D eigenvalue weighted by Crippen LogP contribution is 2.37. The normalized spacial score (nSPS) is 12.9. The van der Waals surface area contributed by atoms with Crippen LogP contribution >= 0.6 is 23.2 Å². The largest absolute Gasteiger partial charge is 0.480 e. The molecular formula is C42H45Cl2N3O11. The van der Waals surface area contributed by atoms with Crippen molar-refractivity contribution in [1.82, 2.24) is 10.3 Å². The third-order valence-corrected chi connectivity index (χ3v) is 9.82. The number of amides is 2. The Hall–Kier alpha value is -5.73. The number of fused-ring (bicyclic) bond motifs is 1. The zero-order valence-corrected chi connectivity index (χ0v) is 34.4. The van der Waals surface area contributed by atoms with Crippen LogP contribution in [0.15, 0.2) is 42.5 Å². The van der Waals surface area contributed by atoms with Crippen LogP contribution in [0.4, 0.5) is 5.69 Å². The second-order valence-corrected chi connectivity index (χ2v) is 14.2. The number of aryl methyl sites for hydroxylation is 1. The number of hydrogen-bond donors (Lipinski definition) is 3. The van der Waals surface area contributed by atoms with Crippen molar-refractivity contribution in [2.75, 3.05) is 31.7 Å². The van der Waals surface area contributed by atoms with Crippen molar-refractivity contribution in [3.63, 3.8) is 0 Å². The quantitative estimate of drug-likeness (QED) is 0.0474. The molecule has 308 valence electrons. The molecule has 0 spiro atoms. The molecule has 0 saturated heterocycles. The Kier molecular flexibility index (Phi) is 16.0. The van der Waals surface area contributed by atoms with Gasteiger partial charge in [-0.05, 0) is 80.7 Å². The second-order valence-electron chi connectivity index (χ2n) is 13.5. The van der Waals surface area contributed by atoms with Gasteiger partial charge in [0.05, 0.1) is 22.6 Å². The average Bonchev–Trinajstić information content (AvgIpc) is 3.66. The zero-order chi connectivity index (χ0) is 42.7. The number of nitrogens with one attached hydrogen (secondary N) is 3. The molecule has 14 nitrogen and oxygen atoms in total. The van der Waals surface area contributed by atoms with E-state index in [0.29, 0.717) is 63.4 Å². The number of allylic oxidation sites excluding steroid dienone is 1. The number of hydrogen-bond acceptors (Lipinski definition) is 11. The molecule has 2 heterocycles. The standard InChI is InChI=1S/C42H45Cl2N3O11/c1-7-15-45-42(54)37-24(5)32(46-25(37)6)18-30-29-17-26(9-12-31(29)47-41(30)53)16-27(48)10-14-34(49)56-19-23(4)58-36(51)21-57-35(50)20-55-33-13-11-28(38(43)39(33)44)40(52)22(3)8-2/h9,11-13,17-18,23,46H,3,7-8,10,14-16,19-21H2,1-2,4-6H3,(H,45,54)(H,47,53)/b30-18-. The first kappa shape index (κ1) is 45.0. The van der Waals surface area contributed by atoms with Gasteiger partial charge in [0.2, 0.25) is 0 Å². The minimum Gasteiger partial charge on any atom is -0.480 e. The van der Waals surface area contributed by atoms with Crippen LogP contribution in [0.1, 0.15) is 95.2 Å². The Bertz CT molecular complexity index is 2170. The minimum absolute atomic E-state index is 0.00576. The number of anilines is 1. The molecule has 1 aliphatic rings. The molecule has 0 bridgehead atoms. The number of rotatable bonds is 20. The Morgan fingerprint density at radius 1 is 0.931 bits per heavy atom. The van der Waals surface area contributed by atoms with Crippen molar-refractivity contribution in [3.05, 3.63) is 91.7 Å². The Morgan fingerprint density at radius 3 is 2.38 bits per heavy atom. The van der Waals surface area contributed by atoms with Crippen molar-refractivity contribution in [1.29, 1.82) is 0 Å². The summed E-state index contributed by atoms with van der Waals surface area (Å²) in [7, 11) is 0. The molecule has 2 aromatic carbocycles. The summed E-state index contributed by atoms with van der Waals surface area (Å²) in [5.74, 6) is -3.60. The highest BCUT2D eigenvalue weighted by Gasteiger charge is 2.27. The smallest absolute Gasteiger partial charge is 0.344 e. The summed E-state index contributed by atoms with van der Waals surface area (Å²) < 4.78 is 20.5. The second kappa shape index (κ2) is 20.6. The van der Waals surface area contributed by atoms with Crippen LogP contribution in [0.2, 0.25) is 10.0 Å². The summed E-state index contributed by atoms with van der Waals surface area (Å²) in [5.41, 5.74) is 5.24. The van der Waals surface area contributed by atoms with Gasteiger partial charge in [-0.3, -0.25) is 24.0 Å². The maximum atomic E-state index is 12.9. The lowest BCUT2D eigenvalue weighted by Crippen LogP contribution is -2.26. The number of halogens is 2. The lowest BCUT2D eigenvalue weighted by molar-refractivity contribution is -0.166. The van der Waals surface area contributed by atoms with Crippen LogP contribution in [0.3, 0.4) is 0 Å². The van der Waals surface area contributed by atoms with Gasteiger partial charge in [0.1, 0.15) is 29.3 Å². The van der Waals surface area contributed by atoms with Crippen LogP contribution in [0.5, 0.6) is 5.75 Å². The van der Waals surface area contributed by atoms with E-state index < -0.39 is 37.2 Å². The number of aromatic nitrogens is 1. The third-order valence-electron chi connectivity index (χ3n) is 8.95. The van der Waals surface area contributed by atoms with Gasteiger partial charge in [-0.15, -0.1) is 0 Å². The molecule has 1 aromatic heterocycles. The van der Waals surface area contributed by atoms with Crippen LogP contribution in [0, 0.1) is 13.8 Å². The van der Waals surface area contributed by atoms with Crippen molar-refractivity contribution in [2.24, 2.45) is 0 Å². The molecule has 3 N–H and O–H groups in total. The van der Waals surface area contributed by atoms with Crippen LogP contribution < -0.4 is 15.4 Å². The fourth-order valence-electron chi connectivity index (χ4n) is 5.84. The van der Waals surface area contributed by atoms with Gasteiger partial charge in [-0.25, -0.2) is 9.59 Å². The molecule has 1 atom stereocenters. The van der Waals surface area contributed by atoms with Crippen LogP contribution in [0.25, 0.3) is 11.6 Å². The van der Waals surface area contributed by atoms with E-state index in [2.05, 4.69) is 22.2 Å². The molecule has 4 rings (SSSR count). The predicted molar refractivity (Wildman–Crippen MR) is 217 cm³/mol. The number of aromatic amines is 1. The van der Waals surface area contributed by atoms with E-state index in [4.69, 9.17) is 42.1 Å². The van der Waals surface area contributed by atoms with Gasteiger partial charge in [-0.2, -0.15) is 0 Å². The highest BCUT2D eigenvalue weighted by atomic mass is 35.5. The number of ketones is 2. The van der Waals surface area contributed by atoms with Gasteiger partial charge in [0.25, 0.3) is 11.8 Å². The van der Waals surface area contributed by atoms with Gasteiger partial charge >= 0.3 is 17.9 Å². The van der Waals surface area contributed by atoms with Crippen molar-refractivity contribution in [3.8, 4) is 5.75 Å². The number of Topliss-reactive ketones (excluding diaryl/α,β-unsaturated/α-hetero) is 2. The number of H-pyrrole nitrogens is 1. The maximum absolute atomic E-state index is 12.9. The highest BCUT2D eigenvalue weighted by molar-refractivity contribution is 6.45. The summed E-state index contributed by atoms with van der Waals surface area (Å²) in [4.78, 5) is 90.8. The van der Waals surface area contributed by atoms with E-state index in [1.165, 1.54) is 19.1 Å². The number of esters is 3. The lowest BCUT2D eigenvalue weighted by atomic mass is 9.98. The van der Waals surface area contributed by atoms with Gasteiger partial charge in [0, 0.05) is 47.6 Å². The van der Waals surface area contributed by atoms with Gasteiger partial charge in [0.15, 0.2) is 19.0 Å². The van der Waals surface area contributed by atoms with Gasteiger partial charge in [-0.1, -0.05) is 49.7 Å². The Balaban J connectivity index is 1.19. The first-order valence-electron chi connectivity index (χ1n) is 18.5. The zero-order valence-electron chi connectivity index (χ0n) is 32.9. The molecule has 1 unspecified atom stereocenters. The van der Waals surface area contributed by atoms with Gasteiger partial charge < -0.3 is 34.6 Å². The minimum atomic E-state index is -0.917. The number of carbonyl (C=O) groups excluding carboxylic acids is 7. The monoisotopic (exact) mass is 837 g/mol. The van der Waals surface area contributed by atoms with E-state index in [0.717, 1.165) is 6.42 Å². The van der Waals surface area contributed by atoms with E-state index in [1.54, 1.807) is 38.1 Å². The molecule has 2 amide bonds. The summed E-state index contributed by atoms with van der Waals surface area (Å²) >= 11 is 12.4. The Labute approximate surface area is 345 Å². The van der Waals surface area contributed by atoms with E-state index in [-0.39, 0.29) is 70.6 Å². The first-order valence-corrected chi connectivity index (χ1v) is 19.3. The molecule has 3 aromatic rings. The molecule has 0 fully saturated rings. The molecule has 1 aliphatic heterocycles. The van der Waals surface area contributed by atoms with E-state index in [9.17, 15) is 33.6 Å². The van der Waals surface area contributed by atoms with Crippen LogP contribution in [-0.4, -0.2) is 78.7 Å². The number of benzene rings is 2. The van der Waals surface area contributed by atoms with Crippen molar-refractivity contribution in [2.45, 2.75) is 72.8 Å². The Morgan fingerprint density at radius 2 is 1.67 bits per heavy atom. The molecule has 58 heavy (non-hydrogen) atoms. The summed E-state index contributed by atoms with van der Waals surface area (Å²) in [6.45, 7) is 11.4.